The van der Waals surface area contributed by atoms with E-state index in [0.29, 0.717) is 25.6 Å². The van der Waals surface area contributed by atoms with E-state index in [1.54, 1.807) is 4.57 Å². The van der Waals surface area contributed by atoms with Crippen LogP contribution in [0.15, 0.2) is 29.1 Å². The minimum atomic E-state index is -0.0117. The van der Waals surface area contributed by atoms with Crippen LogP contribution in [-0.2, 0) is 17.9 Å². The number of aryl methyl sites for hydroxylation is 2. The average molecular weight is 343 g/mol. The molecule has 3 rings (SSSR count). The minimum absolute atomic E-state index is 0.0117. The van der Waals surface area contributed by atoms with Crippen LogP contribution in [-0.4, -0.2) is 21.1 Å². The molecule has 1 aromatic carbocycles. The summed E-state index contributed by atoms with van der Waals surface area (Å²) in [6, 6.07) is 8.14. The number of para-hydroxylation sites is 2. The number of carbonyl (C=O) groups is 1. The molecule has 0 saturated heterocycles. The Balaban J connectivity index is 1.68. The van der Waals surface area contributed by atoms with Crippen LogP contribution >= 0.6 is 0 Å². The first-order chi connectivity index (χ1) is 12.1. The number of benzene rings is 1. The van der Waals surface area contributed by atoms with E-state index < -0.39 is 0 Å². The number of rotatable bonds is 6. The van der Waals surface area contributed by atoms with Crippen LogP contribution in [0.1, 0.15) is 52.4 Å². The third-order valence-electron chi connectivity index (χ3n) is 5.32. The number of hydrogen-bond acceptors (Lipinski definition) is 2. The molecule has 1 aliphatic carbocycles. The summed E-state index contributed by atoms with van der Waals surface area (Å²) in [5.41, 5.74) is 1.86. The molecule has 0 aliphatic heterocycles. The molecule has 1 N–H and O–H groups in total. The molecule has 1 fully saturated rings. The summed E-state index contributed by atoms with van der Waals surface area (Å²) in [5.74, 6) is 0.829. The van der Waals surface area contributed by atoms with Crippen molar-refractivity contribution in [1.29, 1.82) is 0 Å². The second kappa shape index (κ2) is 7.89. The van der Waals surface area contributed by atoms with E-state index in [2.05, 4.69) is 19.2 Å². The number of fused-ring (bicyclic) bond motifs is 1. The van der Waals surface area contributed by atoms with Crippen LogP contribution in [0, 0.1) is 5.92 Å². The van der Waals surface area contributed by atoms with Gasteiger partial charge in [0.15, 0.2) is 0 Å². The Morgan fingerprint density at radius 1 is 1.08 bits per heavy atom. The largest absolute Gasteiger partial charge is 0.353 e. The molecule has 0 atom stereocenters. The van der Waals surface area contributed by atoms with Gasteiger partial charge in [0.2, 0.25) is 5.91 Å². The van der Waals surface area contributed by atoms with Crippen molar-refractivity contribution in [3.63, 3.8) is 0 Å². The van der Waals surface area contributed by atoms with E-state index in [0.717, 1.165) is 36.2 Å². The van der Waals surface area contributed by atoms with Crippen molar-refractivity contribution in [1.82, 2.24) is 14.5 Å². The van der Waals surface area contributed by atoms with Crippen molar-refractivity contribution in [2.45, 2.75) is 71.5 Å². The van der Waals surface area contributed by atoms with Crippen molar-refractivity contribution in [2.24, 2.45) is 5.92 Å². The van der Waals surface area contributed by atoms with Crippen molar-refractivity contribution in [2.75, 3.05) is 0 Å². The zero-order valence-electron chi connectivity index (χ0n) is 15.3. The SMILES string of the molecule is CCCn1c(=O)n(CCC(=O)NC2CCC(C)CC2)c2ccccc21. The van der Waals surface area contributed by atoms with E-state index >= 15 is 0 Å². The van der Waals surface area contributed by atoms with E-state index in [1.807, 2.05) is 28.8 Å². The van der Waals surface area contributed by atoms with Crippen LogP contribution in [0.2, 0.25) is 0 Å². The Kier molecular flexibility index (Phi) is 5.61. The number of aromatic nitrogens is 2. The smallest absolute Gasteiger partial charge is 0.329 e. The minimum Gasteiger partial charge on any atom is -0.353 e. The maximum Gasteiger partial charge on any atom is 0.329 e. The molecule has 1 heterocycles. The topological polar surface area (TPSA) is 56.0 Å². The molecule has 0 bridgehead atoms. The average Bonchev–Trinajstić information content (AvgIpc) is 2.88. The fourth-order valence-corrected chi connectivity index (χ4v) is 3.85. The molecule has 0 spiro atoms. The maximum atomic E-state index is 12.7. The van der Waals surface area contributed by atoms with Crippen molar-refractivity contribution in [3.8, 4) is 0 Å². The predicted octanol–water partition coefficient (Wildman–Crippen LogP) is 3.30. The van der Waals surface area contributed by atoms with Gasteiger partial charge >= 0.3 is 5.69 Å². The Bertz CT molecular complexity index is 782. The molecule has 0 radical (unpaired) electrons. The van der Waals surface area contributed by atoms with Gasteiger partial charge in [-0.25, -0.2) is 4.79 Å². The Morgan fingerprint density at radius 3 is 2.28 bits per heavy atom. The third-order valence-corrected chi connectivity index (χ3v) is 5.32. The fourth-order valence-electron chi connectivity index (χ4n) is 3.85. The normalized spacial score (nSPS) is 20.7. The number of nitrogens with zero attached hydrogens (tertiary/aromatic N) is 2. The molecule has 1 aliphatic rings. The van der Waals surface area contributed by atoms with Crippen LogP contribution < -0.4 is 11.0 Å². The second-order valence-electron chi connectivity index (χ2n) is 7.35. The van der Waals surface area contributed by atoms with Crippen LogP contribution in [0.25, 0.3) is 11.0 Å². The number of imidazole rings is 1. The van der Waals surface area contributed by atoms with Gasteiger partial charge in [0.25, 0.3) is 0 Å². The molecule has 25 heavy (non-hydrogen) atoms. The van der Waals surface area contributed by atoms with E-state index in [9.17, 15) is 9.59 Å². The van der Waals surface area contributed by atoms with Gasteiger partial charge in [0, 0.05) is 25.6 Å². The molecular formula is C20H29N3O2. The first-order valence-electron chi connectivity index (χ1n) is 9.57. The van der Waals surface area contributed by atoms with Crippen LogP contribution in [0.4, 0.5) is 0 Å². The van der Waals surface area contributed by atoms with Gasteiger partial charge in [0.05, 0.1) is 11.0 Å². The summed E-state index contributed by atoms with van der Waals surface area (Å²) in [4.78, 5) is 25.0. The highest BCUT2D eigenvalue weighted by Gasteiger charge is 2.20. The molecule has 5 nitrogen and oxygen atoms in total. The Hall–Kier alpha value is -2.04. The highest BCUT2D eigenvalue weighted by atomic mass is 16.2. The molecule has 1 amide bonds. The van der Waals surface area contributed by atoms with Gasteiger partial charge in [-0.05, 0) is 50.2 Å². The molecule has 0 unspecified atom stereocenters. The fraction of sp³-hybridized carbons (Fsp3) is 0.600. The van der Waals surface area contributed by atoms with Gasteiger partial charge in [-0.1, -0.05) is 26.0 Å². The summed E-state index contributed by atoms with van der Waals surface area (Å²) in [7, 11) is 0. The van der Waals surface area contributed by atoms with Gasteiger partial charge in [-0.3, -0.25) is 13.9 Å². The standard InChI is InChI=1S/C20H29N3O2/c1-3-13-22-17-6-4-5-7-18(17)23(20(22)25)14-12-19(24)21-16-10-8-15(2)9-11-16/h4-7,15-16H,3,8-14H2,1-2H3,(H,21,24). The van der Waals surface area contributed by atoms with Gasteiger partial charge in [-0.15, -0.1) is 0 Å². The number of carbonyl (C=O) groups excluding carboxylic acids is 1. The Morgan fingerprint density at radius 2 is 1.68 bits per heavy atom. The van der Waals surface area contributed by atoms with Gasteiger partial charge in [-0.2, -0.15) is 0 Å². The lowest BCUT2D eigenvalue weighted by Gasteiger charge is -2.26. The van der Waals surface area contributed by atoms with Crippen LogP contribution in [0.3, 0.4) is 0 Å². The number of hydrogen-bond donors (Lipinski definition) is 1. The lowest BCUT2D eigenvalue weighted by molar-refractivity contribution is -0.122. The molecular weight excluding hydrogens is 314 g/mol. The monoisotopic (exact) mass is 343 g/mol. The quantitative estimate of drug-likeness (QED) is 0.875. The van der Waals surface area contributed by atoms with E-state index in [-0.39, 0.29) is 11.6 Å². The molecule has 5 heteroatoms. The summed E-state index contributed by atoms with van der Waals surface area (Å²) in [6.07, 6.45) is 5.79. The van der Waals surface area contributed by atoms with Gasteiger partial charge < -0.3 is 5.32 Å². The summed E-state index contributed by atoms with van der Waals surface area (Å²) < 4.78 is 3.56. The summed E-state index contributed by atoms with van der Waals surface area (Å²) in [6.45, 7) is 5.48. The van der Waals surface area contributed by atoms with Crippen molar-refractivity contribution in [3.05, 3.63) is 34.7 Å². The second-order valence-corrected chi connectivity index (χ2v) is 7.35. The predicted molar refractivity (Wildman–Crippen MR) is 101 cm³/mol. The lowest BCUT2D eigenvalue weighted by atomic mass is 9.87. The molecule has 1 saturated carbocycles. The first kappa shape index (κ1) is 17.8. The van der Waals surface area contributed by atoms with Gasteiger partial charge in [0.1, 0.15) is 0 Å². The highest BCUT2D eigenvalue weighted by Crippen LogP contribution is 2.23. The van der Waals surface area contributed by atoms with Crippen LogP contribution in [0.5, 0.6) is 0 Å². The van der Waals surface area contributed by atoms with Crippen molar-refractivity contribution >= 4 is 16.9 Å². The van der Waals surface area contributed by atoms with E-state index in [4.69, 9.17) is 0 Å². The summed E-state index contributed by atoms with van der Waals surface area (Å²) >= 11 is 0. The molecule has 2 aromatic rings. The maximum absolute atomic E-state index is 12.7. The molecule has 1 aromatic heterocycles. The zero-order valence-corrected chi connectivity index (χ0v) is 15.3. The summed E-state index contributed by atoms with van der Waals surface area (Å²) in [5, 5.41) is 3.15. The lowest BCUT2D eigenvalue weighted by Crippen LogP contribution is -2.38. The first-order valence-corrected chi connectivity index (χ1v) is 9.57. The van der Waals surface area contributed by atoms with E-state index in [1.165, 1.54) is 12.8 Å². The Labute approximate surface area is 149 Å². The molecule has 136 valence electrons. The zero-order chi connectivity index (χ0) is 17.8. The third kappa shape index (κ3) is 3.97. The number of amides is 1. The highest BCUT2D eigenvalue weighted by molar-refractivity contribution is 5.78. The van der Waals surface area contributed by atoms with Crippen molar-refractivity contribution < 1.29 is 4.79 Å². The number of nitrogens with one attached hydrogen (secondary N) is 1.